The van der Waals surface area contributed by atoms with Crippen LogP contribution in [0.15, 0.2) is 29.3 Å². The highest BCUT2D eigenvalue weighted by molar-refractivity contribution is 14.0. The molecule has 2 aromatic rings. The van der Waals surface area contributed by atoms with Gasteiger partial charge in [0.05, 0.1) is 23.8 Å². The van der Waals surface area contributed by atoms with Crippen molar-refractivity contribution in [3.05, 3.63) is 45.7 Å². The Balaban J connectivity index is 0.00000312. The summed E-state index contributed by atoms with van der Waals surface area (Å²) in [4.78, 5) is 10.1. The summed E-state index contributed by atoms with van der Waals surface area (Å²) in [6.07, 6.45) is 0. The number of aliphatic imine (C=N–C) groups is 1. The van der Waals surface area contributed by atoms with Crippen molar-refractivity contribution in [3.8, 4) is 5.75 Å². The number of aromatic nitrogens is 1. The zero-order valence-corrected chi connectivity index (χ0v) is 17.8. The Bertz CT molecular complexity index is 693. The van der Waals surface area contributed by atoms with Crippen LogP contribution in [0.1, 0.15) is 22.5 Å². The zero-order valence-electron chi connectivity index (χ0n) is 14.6. The Labute approximate surface area is 169 Å². The molecule has 138 valence electrons. The molecule has 0 bridgehead atoms. The first kappa shape index (κ1) is 21.6. The molecular weight excluding hydrogens is 454 g/mol. The van der Waals surface area contributed by atoms with Crippen molar-refractivity contribution in [2.24, 2.45) is 4.99 Å². The molecule has 2 N–H and O–H groups in total. The lowest BCUT2D eigenvalue weighted by molar-refractivity contribution is 0.320. The van der Waals surface area contributed by atoms with Crippen molar-refractivity contribution in [1.82, 2.24) is 15.6 Å². The number of thiazole rings is 1. The lowest BCUT2D eigenvalue weighted by Gasteiger charge is -2.12. The number of nitrogens with zero attached hydrogens (tertiary/aromatic N) is 2. The van der Waals surface area contributed by atoms with Crippen molar-refractivity contribution >= 4 is 41.3 Å². The van der Waals surface area contributed by atoms with Crippen LogP contribution in [0.4, 0.5) is 4.39 Å². The van der Waals surface area contributed by atoms with Crippen LogP contribution >= 0.6 is 35.3 Å². The van der Waals surface area contributed by atoms with Crippen LogP contribution in [-0.4, -0.2) is 30.6 Å². The maximum absolute atomic E-state index is 13.1. The molecule has 1 heterocycles. The van der Waals surface area contributed by atoms with Gasteiger partial charge in [0.1, 0.15) is 18.2 Å². The fourth-order valence-corrected chi connectivity index (χ4v) is 2.97. The van der Waals surface area contributed by atoms with E-state index in [1.54, 1.807) is 23.5 Å². The fourth-order valence-electron chi connectivity index (χ4n) is 2.11. The van der Waals surface area contributed by atoms with E-state index in [2.05, 4.69) is 20.6 Å². The summed E-state index contributed by atoms with van der Waals surface area (Å²) in [6.45, 7) is 8.38. The summed E-state index contributed by atoms with van der Waals surface area (Å²) >= 11 is 1.67. The summed E-state index contributed by atoms with van der Waals surface area (Å²) < 4.78 is 18.6. The maximum Gasteiger partial charge on any atom is 0.191 e. The second-order valence-electron chi connectivity index (χ2n) is 5.17. The average Bonchev–Trinajstić information content (AvgIpc) is 2.87. The van der Waals surface area contributed by atoms with E-state index >= 15 is 0 Å². The SMILES string of the molecule is CCNC(=NCc1sc(C)nc1C)NCCOc1cccc(F)c1.I. The Hall–Kier alpha value is -1.42. The van der Waals surface area contributed by atoms with E-state index in [0.717, 1.165) is 23.2 Å². The number of benzene rings is 1. The molecule has 25 heavy (non-hydrogen) atoms. The Morgan fingerprint density at radius 3 is 2.76 bits per heavy atom. The molecule has 1 aromatic heterocycles. The van der Waals surface area contributed by atoms with E-state index < -0.39 is 0 Å². The van der Waals surface area contributed by atoms with E-state index in [-0.39, 0.29) is 29.8 Å². The topological polar surface area (TPSA) is 58.5 Å². The molecule has 5 nitrogen and oxygen atoms in total. The van der Waals surface area contributed by atoms with E-state index in [0.29, 0.717) is 25.4 Å². The van der Waals surface area contributed by atoms with Gasteiger partial charge < -0.3 is 15.4 Å². The van der Waals surface area contributed by atoms with Crippen molar-refractivity contribution in [2.45, 2.75) is 27.3 Å². The van der Waals surface area contributed by atoms with Crippen LogP contribution in [-0.2, 0) is 6.54 Å². The van der Waals surface area contributed by atoms with Crippen LogP contribution in [0, 0.1) is 19.7 Å². The number of aryl methyl sites for hydroxylation is 2. The zero-order chi connectivity index (χ0) is 17.4. The van der Waals surface area contributed by atoms with Gasteiger partial charge in [-0.05, 0) is 32.9 Å². The van der Waals surface area contributed by atoms with Gasteiger partial charge in [0.25, 0.3) is 0 Å². The van der Waals surface area contributed by atoms with Gasteiger partial charge in [-0.1, -0.05) is 6.07 Å². The highest BCUT2D eigenvalue weighted by Gasteiger charge is 2.05. The summed E-state index contributed by atoms with van der Waals surface area (Å²) in [6, 6.07) is 6.12. The van der Waals surface area contributed by atoms with Crippen molar-refractivity contribution < 1.29 is 9.13 Å². The lowest BCUT2D eigenvalue weighted by atomic mass is 10.3. The standard InChI is InChI=1S/C17H23FN4OS.HI/c1-4-19-17(21-11-16-12(2)22-13(3)24-16)20-8-9-23-15-7-5-6-14(18)10-15;/h5-7,10H,4,8-9,11H2,1-3H3,(H2,19,20,21);1H. The number of rotatable bonds is 7. The maximum atomic E-state index is 13.1. The van der Waals surface area contributed by atoms with Gasteiger partial charge >= 0.3 is 0 Å². The van der Waals surface area contributed by atoms with Gasteiger partial charge in [-0.3, -0.25) is 0 Å². The van der Waals surface area contributed by atoms with Gasteiger partial charge in [0, 0.05) is 17.5 Å². The Morgan fingerprint density at radius 2 is 2.12 bits per heavy atom. The number of guanidine groups is 1. The molecule has 0 amide bonds. The van der Waals surface area contributed by atoms with Crippen LogP contribution in [0.5, 0.6) is 5.75 Å². The first-order valence-corrected chi connectivity index (χ1v) is 8.73. The van der Waals surface area contributed by atoms with Crippen LogP contribution in [0.25, 0.3) is 0 Å². The largest absolute Gasteiger partial charge is 0.492 e. The van der Waals surface area contributed by atoms with Crippen LogP contribution in [0.3, 0.4) is 0 Å². The van der Waals surface area contributed by atoms with Gasteiger partial charge in [0.15, 0.2) is 5.96 Å². The van der Waals surface area contributed by atoms with Crippen molar-refractivity contribution in [1.29, 1.82) is 0 Å². The van der Waals surface area contributed by atoms with Crippen LogP contribution < -0.4 is 15.4 Å². The van der Waals surface area contributed by atoms with Crippen molar-refractivity contribution in [2.75, 3.05) is 19.7 Å². The first-order chi connectivity index (χ1) is 11.6. The molecule has 8 heteroatoms. The van der Waals surface area contributed by atoms with E-state index in [1.807, 2.05) is 20.8 Å². The van der Waals surface area contributed by atoms with Gasteiger partial charge in [-0.15, -0.1) is 35.3 Å². The minimum absolute atomic E-state index is 0. The molecule has 0 aliphatic heterocycles. The molecular formula is C17H24FIN4OS. The smallest absolute Gasteiger partial charge is 0.191 e. The number of halogens is 2. The minimum Gasteiger partial charge on any atom is -0.492 e. The third-order valence-corrected chi connectivity index (χ3v) is 4.24. The van der Waals surface area contributed by atoms with E-state index in [9.17, 15) is 4.39 Å². The highest BCUT2D eigenvalue weighted by atomic mass is 127. The predicted octanol–water partition coefficient (Wildman–Crippen LogP) is 3.65. The molecule has 0 atom stereocenters. The summed E-state index contributed by atoms with van der Waals surface area (Å²) in [5.41, 5.74) is 1.03. The molecule has 0 radical (unpaired) electrons. The molecule has 1 aromatic carbocycles. The molecule has 0 aliphatic rings. The number of hydrogen-bond donors (Lipinski definition) is 2. The number of hydrogen-bond acceptors (Lipinski definition) is 4. The monoisotopic (exact) mass is 478 g/mol. The van der Waals surface area contributed by atoms with Gasteiger partial charge in [0.2, 0.25) is 0 Å². The number of nitrogens with one attached hydrogen (secondary N) is 2. The molecule has 0 spiro atoms. The third kappa shape index (κ3) is 7.55. The number of ether oxygens (including phenoxy) is 1. The molecule has 0 saturated heterocycles. The van der Waals surface area contributed by atoms with Gasteiger partial charge in [-0.25, -0.2) is 14.4 Å². The minimum atomic E-state index is -0.300. The van der Waals surface area contributed by atoms with Crippen LogP contribution in [0.2, 0.25) is 0 Å². The van der Waals surface area contributed by atoms with Gasteiger partial charge in [-0.2, -0.15) is 0 Å². The molecule has 0 saturated carbocycles. The second kappa shape index (κ2) is 11.2. The highest BCUT2D eigenvalue weighted by Crippen LogP contribution is 2.17. The molecule has 0 fully saturated rings. The van der Waals surface area contributed by atoms with E-state index in [4.69, 9.17) is 4.74 Å². The molecule has 0 aliphatic carbocycles. The van der Waals surface area contributed by atoms with E-state index in [1.165, 1.54) is 17.0 Å². The quantitative estimate of drug-likeness (QED) is 0.276. The fraction of sp³-hybridized carbons (Fsp3) is 0.412. The third-order valence-electron chi connectivity index (χ3n) is 3.18. The summed E-state index contributed by atoms with van der Waals surface area (Å²) in [7, 11) is 0. The first-order valence-electron chi connectivity index (χ1n) is 7.92. The summed E-state index contributed by atoms with van der Waals surface area (Å²) in [5.74, 6) is 0.950. The second-order valence-corrected chi connectivity index (χ2v) is 6.46. The Morgan fingerprint density at radius 1 is 1.32 bits per heavy atom. The van der Waals surface area contributed by atoms with Crippen molar-refractivity contribution in [3.63, 3.8) is 0 Å². The average molecular weight is 478 g/mol. The molecule has 2 rings (SSSR count). The Kier molecular flexibility index (Phi) is 9.73. The lowest BCUT2D eigenvalue weighted by Crippen LogP contribution is -2.39. The normalized spacial score (nSPS) is 11.0. The predicted molar refractivity (Wildman–Crippen MR) is 112 cm³/mol. The summed E-state index contributed by atoms with van der Waals surface area (Å²) in [5, 5.41) is 7.46. The molecule has 0 unspecified atom stereocenters.